The number of carbonyl (C=O) groups excluding carboxylic acids is 1. The van der Waals surface area contributed by atoms with Crippen LogP contribution in [0.1, 0.15) is 21.6 Å². The molecule has 96 valence electrons. The van der Waals surface area contributed by atoms with Crippen LogP contribution >= 0.6 is 0 Å². The SMILES string of the molecule is O=C(NCc1ccc2c(c1)CCO2)c1ccncn1. The number of rotatable bonds is 3. The van der Waals surface area contributed by atoms with Crippen LogP contribution in [0, 0.1) is 0 Å². The molecule has 19 heavy (non-hydrogen) atoms. The van der Waals surface area contributed by atoms with E-state index < -0.39 is 0 Å². The Hall–Kier alpha value is -2.43. The van der Waals surface area contributed by atoms with E-state index in [9.17, 15) is 4.79 Å². The first-order valence-electron chi connectivity index (χ1n) is 6.12. The van der Waals surface area contributed by atoms with E-state index in [0.717, 1.165) is 24.3 Å². The summed E-state index contributed by atoms with van der Waals surface area (Å²) in [5, 5.41) is 2.84. The molecule has 0 unspecified atom stereocenters. The minimum atomic E-state index is -0.195. The van der Waals surface area contributed by atoms with Crippen LogP contribution in [0.2, 0.25) is 0 Å². The zero-order valence-electron chi connectivity index (χ0n) is 10.3. The molecule has 2 heterocycles. The molecular weight excluding hydrogens is 242 g/mol. The van der Waals surface area contributed by atoms with Gasteiger partial charge in [0.25, 0.3) is 5.91 Å². The molecular formula is C14H13N3O2. The molecule has 0 saturated carbocycles. The summed E-state index contributed by atoms with van der Waals surface area (Å²) >= 11 is 0. The highest BCUT2D eigenvalue weighted by Crippen LogP contribution is 2.25. The Kier molecular flexibility index (Phi) is 3.10. The second kappa shape index (κ2) is 5.06. The third kappa shape index (κ3) is 2.54. The highest BCUT2D eigenvalue weighted by Gasteiger charge is 2.12. The zero-order valence-corrected chi connectivity index (χ0v) is 10.3. The van der Waals surface area contributed by atoms with E-state index in [1.807, 2.05) is 12.1 Å². The molecule has 5 nitrogen and oxygen atoms in total. The lowest BCUT2D eigenvalue weighted by Crippen LogP contribution is -2.23. The van der Waals surface area contributed by atoms with Crippen LogP contribution in [-0.4, -0.2) is 22.5 Å². The maximum absolute atomic E-state index is 11.8. The van der Waals surface area contributed by atoms with Crippen molar-refractivity contribution in [1.29, 1.82) is 0 Å². The van der Waals surface area contributed by atoms with Gasteiger partial charge in [-0.3, -0.25) is 4.79 Å². The van der Waals surface area contributed by atoms with Crippen molar-refractivity contribution >= 4 is 5.91 Å². The molecule has 0 fully saturated rings. The highest BCUT2D eigenvalue weighted by atomic mass is 16.5. The van der Waals surface area contributed by atoms with Gasteiger partial charge >= 0.3 is 0 Å². The summed E-state index contributed by atoms with van der Waals surface area (Å²) in [7, 11) is 0. The van der Waals surface area contributed by atoms with Crippen LogP contribution in [0.25, 0.3) is 0 Å². The number of nitrogens with one attached hydrogen (secondary N) is 1. The number of hydrogen-bond acceptors (Lipinski definition) is 4. The lowest BCUT2D eigenvalue weighted by Gasteiger charge is -2.06. The Morgan fingerprint density at radius 3 is 3.16 bits per heavy atom. The van der Waals surface area contributed by atoms with Gasteiger partial charge < -0.3 is 10.1 Å². The van der Waals surface area contributed by atoms with Gasteiger partial charge in [0.05, 0.1) is 6.61 Å². The Morgan fingerprint density at radius 1 is 1.37 bits per heavy atom. The standard InChI is InChI=1S/C14H13N3O2/c18-14(12-3-5-15-9-17-12)16-8-10-1-2-13-11(7-10)4-6-19-13/h1-3,5,7,9H,4,6,8H2,(H,16,18). The van der Waals surface area contributed by atoms with E-state index in [-0.39, 0.29) is 5.91 Å². The Labute approximate surface area is 110 Å². The topological polar surface area (TPSA) is 64.1 Å². The molecule has 1 aromatic carbocycles. The molecule has 0 saturated heterocycles. The fourth-order valence-corrected chi connectivity index (χ4v) is 2.05. The van der Waals surface area contributed by atoms with Crippen LogP contribution in [-0.2, 0) is 13.0 Å². The smallest absolute Gasteiger partial charge is 0.270 e. The second-order valence-electron chi connectivity index (χ2n) is 4.32. The quantitative estimate of drug-likeness (QED) is 0.899. The van der Waals surface area contributed by atoms with Crippen molar-refractivity contribution in [2.75, 3.05) is 6.61 Å². The first-order valence-corrected chi connectivity index (χ1v) is 6.12. The third-order valence-electron chi connectivity index (χ3n) is 3.02. The van der Waals surface area contributed by atoms with Crippen molar-refractivity contribution in [3.05, 3.63) is 53.6 Å². The van der Waals surface area contributed by atoms with Crippen LogP contribution in [0.4, 0.5) is 0 Å². The normalized spacial score (nSPS) is 12.6. The van der Waals surface area contributed by atoms with Gasteiger partial charge in [0.2, 0.25) is 0 Å². The molecule has 0 aliphatic carbocycles. The summed E-state index contributed by atoms with van der Waals surface area (Å²) in [4.78, 5) is 19.5. The van der Waals surface area contributed by atoms with Gasteiger partial charge in [0, 0.05) is 19.2 Å². The lowest BCUT2D eigenvalue weighted by molar-refractivity contribution is 0.0945. The van der Waals surface area contributed by atoms with E-state index in [2.05, 4.69) is 21.4 Å². The number of aromatic nitrogens is 2. The van der Waals surface area contributed by atoms with E-state index in [4.69, 9.17) is 4.74 Å². The van der Waals surface area contributed by atoms with Gasteiger partial charge in [-0.2, -0.15) is 0 Å². The minimum Gasteiger partial charge on any atom is -0.493 e. The molecule has 1 aliphatic heterocycles. The molecule has 1 aromatic heterocycles. The molecule has 0 radical (unpaired) electrons. The summed E-state index contributed by atoms with van der Waals surface area (Å²) in [5.41, 5.74) is 2.64. The van der Waals surface area contributed by atoms with E-state index in [1.54, 1.807) is 12.3 Å². The zero-order chi connectivity index (χ0) is 13.1. The van der Waals surface area contributed by atoms with Gasteiger partial charge in [-0.25, -0.2) is 9.97 Å². The van der Waals surface area contributed by atoms with Gasteiger partial charge in [-0.1, -0.05) is 12.1 Å². The van der Waals surface area contributed by atoms with Crippen LogP contribution < -0.4 is 10.1 Å². The van der Waals surface area contributed by atoms with E-state index >= 15 is 0 Å². The molecule has 2 aromatic rings. The van der Waals surface area contributed by atoms with Gasteiger partial charge in [-0.05, 0) is 23.3 Å². The lowest BCUT2D eigenvalue weighted by atomic mass is 10.1. The monoisotopic (exact) mass is 255 g/mol. The van der Waals surface area contributed by atoms with E-state index in [0.29, 0.717) is 12.2 Å². The largest absolute Gasteiger partial charge is 0.493 e. The van der Waals surface area contributed by atoms with Crippen molar-refractivity contribution in [1.82, 2.24) is 15.3 Å². The molecule has 1 aliphatic rings. The molecule has 3 rings (SSSR count). The Morgan fingerprint density at radius 2 is 2.32 bits per heavy atom. The number of amides is 1. The minimum absolute atomic E-state index is 0.195. The van der Waals surface area contributed by atoms with Crippen molar-refractivity contribution in [3.63, 3.8) is 0 Å². The summed E-state index contributed by atoms with van der Waals surface area (Å²) < 4.78 is 5.44. The van der Waals surface area contributed by atoms with Crippen molar-refractivity contribution in [2.24, 2.45) is 0 Å². The summed E-state index contributed by atoms with van der Waals surface area (Å²) in [6.07, 6.45) is 3.85. The maximum atomic E-state index is 11.8. The number of benzene rings is 1. The number of fused-ring (bicyclic) bond motifs is 1. The average molecular weight is 255 g/mol. The van der Waals surface area contributed by atoms with Crippen LogP contribution in [0.3, 0.4) is 0 Å². The van der Waals surface area contributed by atoms with Crippen LogP contribution in [0.15, 0.2) is 36.8 Å². The van der Waals surface area contributed by atoms with E-state index in [1.165, 1.54) is 11.9 Å². The first kappa shape index (κ1) is 11.6. The summed E-state index contributed by atoms with van der Waals surface area (Å²) in [5.74, 6) is 0.755. The molecule has 0 atom stereocenters. The number of ether oxygens (including phenoxy) is 1. The van der Waals surface area contributed by atoms with Gasteiger partial charge in [0.15, 0.2) is 0 Å². The number of nitrogens with zero attached hydrogens (tertiary/aromatic N) is 2. The Balaban J connectivity index is 1.65. The summed E-state index contributed by atoms with van der Waals surface area (Å²) in [6.45, 7) is 1.22. The first-order chi connectivity index (χ1) is 9.33. The number of carbonyl (C=O) groups is 1. The average Bonchev–Trinajstić information content (AvgIpc) is 2.93. The fourth-order valence-electron chi connectivity index (χ4n) is 2.05. The molecule has 1 N–H and O–H groups in total. The van der Waals surface area contributed by atoms with Crippen molar-refractivity contribution < 1.29 is 9.53 Å². The predicted molar refractivity (Wildman–Crippen MR) is 68.8 cm³/mol. The van der Waals surface area contributed by atoms with Crippen molar-refractivity contribution in [2.45, 2.75) is 13.0 Å². The molecule has 1 amide bonds. The van der Waals surface area contributed by atoms with Crippen molar-refractivity contribution in [3.8, 4) is 5.75 Å². The Bertz CT molecular complexity index is 599. The predicted octanol–water partition coefficient (Wildman–Crippen LogP) is 1.34. The number of hydrogen-bond donors (Lipinski definition) is 1. The molecule has 0 spiro atoms. The summed E-state index contributed by atoms with van der Waals surface area (Å²) in [6, 6.07) is 7.58. The fraction of sp³-hybridized carbons (Fsp3) is 0.214. The molecule has 5 heteroatoms. The maximum Gasteiger partial charge on any atom is 0.270 e. The highest BCUT2D eigenvalue weighted by molar-refractivity contribution is 5.91. The molecule has 0 bridgehead atoms. The third-order valence-corrected chi connectivity index (χ3v) is 3.02. The second-order valence-corrected chi connectivity index (χ2v) is 4.32. The van der Waals surface area contributed by atoms with Gasteiger partial charge in [-0.15, -0.1) is 0 Å². The van der Waals surface area contributed by atoms with Crippen LogP contribution in [0.5, 0.6) is 5.75 Å². The van der Waals surface area contributed by atoms with Gasteiger partial charge in [0.1, 0.15) is 17.8 Å².